The van der Waals surface area contributed by atoms with E-state index < -0.39 is 0 Å². The van der Waals surface area contributed by atoms with Crippen LogP contribution < -0.4 is 0 Å². The topological polar surface area (TPSA) is 17.1 Å². The van der Waals surface area contributed by atoms with E-state index in [1.54, 1.807) is 6.92 Å². The molecule has 1 aliphatic rings. The maximum absolute atomic E-state index is 11.1. The fourth-order valence-electron chi connectivity index (χ4n) is 1.78. The van der Waals surface area contributed by atoms with E-state index in [0.29, 0.717) is 0 Å². The first kappa shape index (κ1) is 9.50. The number of carbonyl (C=O) groups is 1. The van der Waals surface area contributed by atoms with Gasteiger partial charge in [-0.25, -0.2) is 0 Å². The summed E-state index contributed by atoms with van der Waals surface area (Å²) in [5.74, 6) is 0.256. The minimum atomic E-state index is 0.256. The van der Waals surface area contributed by atoms with Crippen molar-refractivity contribution in [2.75, 3.05) is 0 Å². The van der Waals surface area contributed by atoms with Crippen LogP contribution in [0.15, 0.2) is 11.1 Å². The van der Waals surface area contributed by atoms with Crippen molar-refractivity contribution >= 4 is 5.78 Å². The molecule has 0 radical (unpaired) electrons. The highest BCUT2D eigenvalue weighted by molar-refractivity contribution is 5.93. The molecule has 0 aromatic carbocycles. The summed E-state index contributed by atoms with van der Waals surface area (Å²) < 4.78 is 0. The molecule has 1 heteroatoms. The van der Waals surface area contributed by atoms with Gasteiger partial charge < -0.3 is 0 Å². The monoisotopic (exact) mass is 166 g/mol. The Morgan fingerprint density at radius 2 is 1.50 bits per heavy atom. The van der Waals surface area contributed by atoms with E-state index in [-0.39, 0.29) is 5.78 Å². The summed E-state index contributed by atoms with van der Waals surface area (Å²) in [6.45, 7) is 3.65. The maximum Gasteiger partial charge on any atom is 0.155 e. The fraction of sp³-hybridized carbons (Fsp3) is 0.727. The lowest BCUT2D eigenvalue weighted by atomic mass is 10.00. The molecule has 1 saturated carbocycles. The molecule has 0 N–H and O–H groups in total. The number of allylic oxidation sites excluding steroid dienone is 2. The zero-order valence-electron chi connectivity index (χ0n) is 8.15. The molecular formula is C11H18O. The van der Waals surface area contributed by atoms with Crippen LogP contribution in [0.1, 0.15) is 52.4 Å². The lowest BCUT2D eigenvalue weighted by molar-refractivity contribution is -0.113. The molecule has 0 unspecified atom stereocenters. The summed E-state index contributed by atoms with van der Waals surface area (Å²) in [5, 5.41) is 0. The molecule has 0 heterocycles. The predicted molar refractivity (Wildman–Crippen MR) is 51.1 cm³/mol. The quantitative estimate of drug-likeness (QED) is 0.431. The van der Waals surface area contributed by atoms with E-state index in [1.165, 1.54) is 31.3 Å². The van der Waals surface area contributed by atoms with Gasteiger partial charge in [-0.2, -0.15) is 0 Å². The van der Waals surface area contributed by atoms with Gasteiger partial charge >= 0.3 is 0 Å². The molecule has 12 heavy (non-hydrogen) atoms. The summed E-state index contributed by atoms with van der Waals surface area (Å²) in [5.41, 5.74) is 2.44. The summed E-state index contributed by atoms with van der Waals surface area (Å²) >= 11 is 0. The molecule has 0 atom stereocenters. The van der Waals surface area contributed by atoms with E-state index in [2.05, 4.69) is 0 Å². The lowest BCUT2D eigenvalue weighted by Crippen LogP contribution is -1.97. The number of rotatable bonds is 1. The van der Waals surface area contributed by atoms with Crippen molar-refractivity contribution in [3.05, 3.63) is 11.1 Å². The number of ketones is 1. The largest absolute Gasteiger partial charge is 0.295 e. The molecular weight excluding hydrogens is 148 g/mol. The van der Waals surface area contributed by atoms with Gasteiger partial charge in [0.2, 0.25) is 0 Å². The molecule has 1 rings (SSSR count). The van der Waals surface area contributed by atoms with Crippen LogP contribution in [0.3, 0.4) is 0 Å². The van der Waals surface area contributed by atoms with Crippen molar-refractivity contribution in [3.8, 4) is 0 Å². The second kappa shape index (κ2) is 4.44. The molecule has 1 aliphatic carbocycles. The summed E-state index contributed by atoms with van der Waals surface area (Å²) in [7, 11) is 0. The second-order valence-corrected chi connectivity index (χ2v) is 3.70. The Balaban J connectivity index is 2.69. The Morgan fingerprint density at radius 3 is 1.92 bits per heavy atom. The van der Waals surface area contributed by atoms with Crippen LogP contribution in [-0.4, -0.2) is 5.78 Å². The van der Waals surface area contributed by atoms with Crippen molar-refractivity contribution in [2.24, 2.45) is 0 Å². The Kier molecular flexibility index (Phi) is 3.51. The molecule has 0 spiro atoms. The first-order valence-electron chi connectivity index (χ1n) is 4.91. The van der Waals surface area contributed by atoms with Crippen molar-refractivity contribution in [2.45, 2.75) is 52.4 Å². The van der Waals surface area contributed by atoms with Crippen LogP contribution >= 0.6 is 0 Å². The molecule has 0 aromatic heterocycles. The van der Waals surface area contributed by atoms with Crippen LogP contribution in [-0.2, 0) is 4.79 Å². The van der Waals surface area contributed by atoms with E-state index >= 15 is 0 Å². The van der Waals surface area contributed by atoms with Gasteiger partial charge in [0.1, 0.15) is 0 Å². The van der Waals surface area contributed by atoms with E-state index in [9.17, 15) is 4.79 Å². The maximum atomic E-state index is 11.1. The Morgan fingerprint density at radius 1 is 1.00 bits per heavy atom. The smallest absolute Gasteiger partial charge is 0.155 e. The highest BCUT2D eigenvalue weighted by atomic mass is 16.1. The van der Waals surface area contributed by atoms with Crippen molar-refractivity contribution in [1.82, 2.24) is 0 Å². The summed E-state index contributed by atoms with van der Waals surface area (Å²) in [4.78, 5) is 11.1. The van der Waals surface area contributed by atoms with Gasteiger partial charge in [0.05, 0.1) is 0 Å². The third-order valence-corrected chi connectivity index (χ3v) is 2.77. The van der Waals surface area contributed by atoms with Crippen LogP contribution in [0, 0.1) is 0 Å². The number of hydrogen-bond donors (Lipinski definition) is 0. The van der Waals surface area contributed by atoms with Gasteiger partial charge in [-0.15, -0.1) is 0 Å². The molecule has 0 amide bonds. The molecule has 0 aliphatic heterocycles. The SMILES string of the molecule is CC(=O)C(C)=C1CCCCCC1. The zero-order chi connectivity index (χ0) is 8.97. The third-order valence-electron chi connectivity index (χ3n) is 2.77. The van der Waals surface area contributed by atoms with Gasteiger partial charge in [-0.05, 0) is 45.1 Å². The molecule has 68 valence electrons. The van der Waals surface area contributed by atoms with Crippen molar-refractivity contribution < 1.29 is 4.79 Å². The highest BCUT2D eigenvalue weighted by Gasteiger charge is 2.09. The van der Waals surface area contributed by atoms with Crippen molar-refractivity contribution in [1.29, 1.82) is 0 Å². The minimum Gasteiger partial charge on any atom is -0.295 e. The van der Waals surface area contributed by atoms with Gasteiger partial charge in [0.25, 0.3) is 0 Å². The van der Waals surface area contributed by atoms with E-state index in [0.717, 1.165) is 18.4 Å². The zero-order valence-corrected chi connectivity index (χ0v) is 8.15. The van der Waals surface area contributed by atoms with Gasteiger partial charge in [0.15, 0.2) is 5.78 Å². The van der Waals surface area contributed by atoms with Gasteiger partial charge in [-0.1, -0.05) is 18.4 Å². The number of carbonyl (C=O) groups excluding carboxylic acids is 1. The standard InChI is InChI=1S/C11H18O/c1-9(10(2)12)11-7-5-3-4-6-8-11/h3-8H2,1-2H3. The Hall–Kier alpha value is -0.590. The predicted octanol–water partition coefficient (Wildman–Crippen LogP) is 3.25. The fourth-order valence-corrected chi connectivity index (χ4v) is 1.78. The Bertz CT molecular complexity index is 191. The highest BCUT2D eigenvalue weighted by Crippen LogP contribution is 2.24. The lowest BCUT2D eigenvalue weighted by Gasteiger charge is -2.05. The van der Waals surface area contributed by atoms with Gasteiger partial charge in [-0.3, -0.25) is 4.79 Å². The molecule has 0 saturated heterocycles. The van der Waals surface area contributed by atoms with Gasteiger partial charge in [0, 0.05) is 0 Å². The normalized spacial score (nSPS) is 18.7. The van der Waals surface area contributed by atoms with Crippen LogP contribution in [0.25, 0.3) is 0 Å². The first-order valence-corrected chi connectivity index (χ1v) is 4.91. The van der Waals surface area contributed by atoms with Crippen LogP contribution in [0.4, 0.5) is 0 Å². The average molecular weight is 166 g/mol. The van der Waals surface area contributed by atoms with Crippen LogP contribution in [0.5, 0.6) is 0 Å². The number of hydrogen-bond acceptors (Lipinski definition) is 1. The molecule has 1 fully saturated rings. The average Bonchev–Trinajstić information content (AvgIpc) is 2.30. The third kappa shape index (κ3) is 2.47. The first-order chi connectivity index (χ1) is 5.72. The molecule has 1 nitrogen and oxygen atoms in total. The second-order valence-electron chi connectivity index (χ2n) is 3.70. The van der Waals surface area contributed by atoms with E-state index in [4.69, 9.17) is 0 Å². The van der Waals surface area contributed by atoms with Crippen molar-refractivity contribution in [3.63, 3.8) is 0 Å². The summed E-state index contributed by atoms with van der Waals surface area (Å²) in [6, 6.07) is 0. The Labute approximate surface area is 74.9 Å². The van der Waals surface area contributed by atoms with E-state index in [1.807, 2.05) is 6.92 Å². The molecule has 0 bridgehead atoms. The van der Waals surface area contributed by atoms with Crippen LogP contribution in [0.2, 0.25) is 0 Å². The summed E-state index contributed by atoms with van der Waals surface area (Å²) in [6.07, 6.45) is 7.56. The molecule has 0 aromatic rings. The number of Topliss-reactive ketones (excluding diaryl/α,β-unsaturated/α-hetero) is 1. The minimum absolute atomic E-state index is 0.256.